The van der Waals surface area contributed by atoms with Crippen molar-refractivity contribution in [3.63, 3.8) is 0 Å². The van der Waals surface area contributed by atoms with Crippen molar-refractivity contribution in [1.29, 1.82) is 0 Å². The second-order valence-electron chi connectivity index (χ2n) is 6.01. The second kappa shape index (κ2) is 9.03. The lowest BCUT2D eigenvalue weighted by Crippen LogP contribution is -2.17. The molecular weight excluding hydrogens is 292 g/mol. The number of benzene rings is 1. The Morgan fingerprint density at radius 3 is 2.73 bits per heavy atom. The summed E-state index contributed by atoms with van der Waals surface area (Å²) in [5, 5.41) is 6.66. The molecule has 0 fully saturated rings. The molecule has 0 bridgehead atoms. The molecule has 120 valence electrons. The quantitative estimate of drug-likeness (QED) is 0.701. The third-order valence-electron chi connectivity index (χ3n) is 3.25. The summed E-state index contributed by atoms with van der Waals surface area (Å²) >= 11 is 1.71. The topological polar surface area (TPSA) is 34.2 Å². The van der Waals surface area contributed by atoms with Gasteiger partial charge < -0.3 is 10.1 Å². The number of ether oxygens (including phenoxy) is 1. The third-order valence-corrected chi connectivity index (χ3v) is 4.19. The fraction of sp³-hybridized carbons (Fsp3) is 0.500. The lowest BCUT2D eigenvalue weighted by atomic mass is 10.2. The molecule has 0 radical (unpaired) electrons. The fourth-order valence-electron chi connectivity index (χ4n) is 2.05. The molecule has 0 amide bonds. The number of nitrogens with zero attached hydrogens (tertiary/aromatic N) is 1. The molecule has 0 unspecified atom stereocenters. The predicted molar refractivity (Wildman–Crippen MR) is 94.3 cm³/mol. The Hall–Kier alpha value is -1.23. The van der Waals surface area contributed by atoms with Crippen LogP contribution in [0.2, 0.25) is 0 Å². The van der Waals surface area contributed by atoms with E-state index in [1.165, 1.54) is 11.1 Å². The molecule has 1 heterocycles. The highest BCUT2D eigenvalue weighted by Gasteiger charge is 2.04. The average molecular weight is 318 g/mol. The first kappa shape index (κ1) is 17.1. The molecule has 1 aromatic carbocycles. The van der Waals surface area contributed by atoms with E-state index in [1.807, 2.05) is 0 Å². The normalized spacial score (nSPS) is 11.3. The van der Waals surface area contributed by atoms with Gasteiger partial charge in [-0.25, -0.2) is 4.98 Å². The molecule has 2 aromatic rings. The second-order valence-corrected chi connectivity index (χ2v) is 6.87. The lowest BCUT2D eigenvalue weighted by molar-refractivity contribution is 0.108. The molecular formula is C18H26N2OS. The number of hydrogen-bond acceptors (Lipinski definition) is 4. The lowest BCUT2D eigenvalue weighted by Gasteiger charge is -2.06. The third kappa shape index (κ3) is 5.87. The van der Waals surface area contributed by atoms with Gasteiger partial charge in [-0.3, -0.25) is 0 Å². The minimum Gasteiger partial charge on any atom is -0.381 e. The number of rotatable bonds is 9. The summed E-state index contributed by atoms with van der Waals surface area (Å²) in [6.07, 6.45) is 1.04. The Bertz CT molecular complexity index is 548. The molecule has 0 spiro atoms. The van der Waals surface area contributed by atoms with Crippen molar-refractivity contribution in [1.82, 2.24) is 10.3 Å². The summed E-state index contributed by atoms with van der Waals surface area (Å²) in [5.41, 5.74) is 3.59. The van der Waals surface area contributed by atoms with Gasteiger partial charge in [0.15, 0.2) is 0 Å². The van der Waals surface area contributed by atoms with Gasteiger partial charge in [-0.05, 0) is 25.8 Å². The zero-order valence-electron chi connectivity index (χ0n) is 13.8. The molecule has 1 aromatic heterocycles. The summed E-state index contributed by atoms with van der Waals surface area (Å²) in [4.78, 5) is 4.69. The smallest absolute Gasteiger partial charge is 0.123 e. The molecule has 0 aliphatic carbocycles. The first-order chi connectivity index (χ1) is 10.6. The maximum Gasteiger partial charge on any atom is 0.123 e. The van der Waals surface area contributed by atoms with Crippen LogP contribution in [0.5, 0.6) is 0 Å². The molecule has 0 saturated heterocycles. The van der Waals surface area contributed by atoms with Crippen LogP contribution in [0, 0.1) is 12.8 Å². The zero-order valence-corrected chi connectivity index (χ0v) is 14.6. The van der Waals surface area contributed by atoms with Crippen LogP contribution in [-0.4, -0.2) is 24.7 Å². The number of nitrogens with one attached hydrogen (secondary N) is 1. The van der Waals surface area contributed by atoms with Crippen molar-refractivity contribution in [2.45, 2.75) is 33.7 Å². The summed E-state index contributed by atoms with van der Waals surface area (Å²) in [5.74, 6) is 0.614. The maximum atomic E-state index is 5.57. The van der Waals surface area contributed by atoms with Gasteiger partial charge in [-0.2, -0.15) is 0 Å². The van der Waals surface area contributed by atoms with E-state index in [9.17, 15) is 0 Å². The Kier molecular flexibility index (Phi) is 7.03. The molecule has 0 aliphatic rings. The van der Waals surface area contributed by atoms with Crippen molar-refractivity contribution >= 4 is 11.3 Å². The van der Waals surface area contributed by atoms with Gasteiger partial charge in [0.25, 0.3) is 0 Å². The summed E-state index contributed by atoms with van der Waals surface area (Å²) in [6.45, 7) is 9.93. The van der Waals surface area contributed by atoms with Crippen LogP contribution < -0.4 is 5.32 Å². The van der Waals surface area contributed by atoms with Gasteiger partial charge in [0.2, 0.25) is 0 Å². The van der Waals surface area contributed by atoms with E-state index >= 15 is 0 Å². The highest BCUT2D eigenvalue weighted by Crippen LogP contribution is 2.23. The van der Waals surface area contributed by atoms with Crippen LogP contribution in [0.15, 0.2) is 29.6 Å². The first-order valence-corrected chi connectivity index (χ1v) is 8.83. The first-order valence-electron chi connectivity index (χ1n) is 7.95. The van der Waals surface area contributed by atoms with E-state index in [0.29, 0.717) is 5.92 Å². The van der Waals surface area contributed by atoms with Crippen LogP contribution in [0.25, 0.3) is 10.6 Å². The molecule has 1 N–H and O–H groups in total. The van der Waals surface area contributed by atoms with Gasteiger partial charge in [0.1, 0.15) is 5.01 Å². The van der Waals surface area contributed by atoms with Crippen molar-refractivity contribution < 1.29 is 4.74 Å². The van der Waals surface area contributed by atoms with Crippen molar-refractivity contribution in [2.24, 2.45) is 5.92 Å². The minimum absolute atomic E-state index is 0.614. The van der Waals surface area contributed by atoms with Crippen LogP contribution in [0.3, 0.4) is 0 Å². The van der Waals surface area contributed by atoms with Crippen molar-refractivity contribution in [2.75, 3.05) is 19.8 Å². The zero-order chi connectivity index (χ0) is 15.8. The molecule has 22 heavy (non-hydrogen) atoms. The minimum atomic E-state index is 0.614. The predicted octanol–water partition coefficient (Wildman–Crippen LogP) is 4.27. The van der Waals surface area contributed by atoms with E-state index < -0.39 is 0 Å². The monoisotopic (exact) mass is 318 g/mol. The molecule has 0 aliphatic heterocycles. The highest BCUT2D eigenvalue weighted by atomic mass is 32.1. The standard InChI is InChI=1S/C18H26N2OS/c1-14(2)12-21-10-4-9-19-11-17-13-22-18(20-17)16-7-5-15(3)6-8-16/h5-8,13-14,19H,4,9-12H2,1-3H3. The van der Waals surface area contributed by atoms with Gasteiger partial charge in [-0.15, -0.1) is 11.3 Å². The van der Waals surface area contributed by atoms with Gasteiger partial charge >= 0.3 is 0 Å². The summed E-state index contributed by atoms with van der Waals surface area (Å²) < 4.78 is 5.57. The van der Waals surface area contributed by atoms with E-state index in [1.54, 1.807) is 11.3 Å². The number of aromatic nitrogens is 1. The van der Waals surface area contributed by atoms with Gasteiger partial charge in [0, 0.05) is 30.7 Å². The van der Waals surface area contributed by atoms with Crippen LogP contribution in [0.1, 0.15) is 31.5 Å². The molecule has 3 nitrogen and oxygen atoms in total. The SMILES string of the molecule is Cc1ccc(-c2nc(CNCCCOCC(C)C)cs2)cc1. The van der Waals surface area contributed by atoms with Gasteiger partial charge in [0.05, 0.1) is 5.69 Å². The van der Waals surface area contributed by atoms with Crippen molar-refractivity contribution in [3.8, 4) is 10.6 Å². The van der Waals surface area contributed by atoms with Gasteiger partial charge in [-0.1, -0.05) is 43.7 Å². The number of hydrogen-bond donors (Lipinski definition) is 1. The van der Waals surface area contributed by atoms with E-state index in [2.05, 4.69) is 55.7 Å². The highest BCUT2D eigenvalue weighted by molar-refractivity contribution is 7.13. The molecule has 0 atom stereocenters. The fourth-order valence-corrected chi connectivity index (χ4v) is 2.88. The molecule has 4 heteroatoms. The van der Waals surface area contributed by atoms with E-state index in [-0.39, 0.29) is 0 Å². The van der Waals surface area contributed by atoms with Crippen LogP contribution in [-0.2, 0) is 11.3 Å². The van der Waals surface area contributed by atoms with Crippen molar-refractivity contribution in [3.05, 3.63) is 40.9 Å². The Balaban J connectivity index is 1.68. The maximum absolute atomic E-state index is 5.57. The number of thiazole rings is 1. The van der Waals surface area contributed by atoms with Crippen LogP contribution >= 0.6 is 11.3 Å². The Morgan fingerprint density at radius 2 is 2.00 bits per heavy atom. The van der Waals surface area contributed by atoms with E-state index in [4.69, 9.17) is 9.72 Å². The summed E-state index contributed by atoms with van der Waals surface area (Å²) in [6, 6.07) is 8.53. The largest absolute Gasteiger partial charge is 0.381 e. The molecule has 0 saturated carbocycles. The molecule has 2 rings (SSSR count). The average Bonchev–Trinajstić information content (AvgIpc) is 2.95. The summed E-state index contributed by atoms with van der Waals surface area (Å²) in [7, 11) is 0. The Labute approximate surface area is 137 Å². The van der Waals surface area contributed by atoms with E-state index in [0.717, 1.165) is 43.4 Å². The van der Waals surface area contributed by atoms with Crippen LogP contribution in [0.4, 0.5) is 0 Å². The Morgan fingerprint density at radius 1 is 1.23 bits per heavy atom. The number of aryl methyl sites for hydroxylation is 1.